The van der Waals surface area contributed by atoms with Crippen molar-refractivity contribution in [2.75, 3.05) is 37.9 Å². The van der Waals surface area contributed by atoms with Gasteiger partial charge in [-0.25, -0.2) is 4.98 Å². The van der Waals surface area contributed by atoms with Crippen LogP contribution in [0.2, 0.25) is 0 Å². The minimum Gasteiger partial charge on any atom is -0.454 e. The number of ether oxygens (including phenoxy) is 2. The van der Waals surface area contributed by atoms with E-state index >= 15 is 0 Å². The van der Waals surface area contributed by atoms with Crippen LogP contribution in [0.25, 0.3) is 0 Å². The van der Waals surface area contributed by atoms with Crippen molar-refractivity contribution < 1.29 is 9.47 Å². The van der Waals surface area contributed by atoms with Crippen LogP contribution in [-0.4, -0.2) is 42.9 Å². The summed E-state index contributed by atoms with van der Waals surface area (Å²) in [6, 6.07) is 12.0. The molecule has 1 fully saturated rings. The van der Waals surface area contributed by atoms with E-state index in [9.17, 15) is 0 Å². The van der Waals surface area contributed by atoms with Gasteiger partial charge in [0.25, 0.3) is 0 Å². The number of rotatable bonds is 3. The third-order valence-electron chi connectivity index (χ3n) is 4.42. The first-order chi connectivity index (χ1) is 11.8. The standard InChI is InChI=1S/C18H18N4O2/c19-10-15-2-4-18(20-11-15)22-7-5-21(6-8-22)12-14-1-3-16-17(9-14)24-13-23-16/h1-4,9,11H,5-8,12-13H2. The Hall–Kier alpha value is -2.78. The van der Waals surface area contributed by atoms with E-state index in [-0.39, 0.29) is 0 Å². The Kier molecular flexibility index (Phi) is 3.93. The lowest BCUT2D eigenvalue weighted by atomic mass is 10.1. The molecule has 4 rings (SSSR count). The van der Waals surface area contributed by atoms with Gasteiger partial charge in [0, 0.05) is 38.9 Å². The van der Waals surface area contributed by atoms with Gasteiger partial charge in [-0.2, -0.15) is 5.26 Å². The van der Waals surface area contributed by atoms with Crippen LogP contribution >= 0.6 is 0 Å². The molecule has 0 amide bonds. The first-order valence-corrected chi connectivity index (χ1v) is 8.04. The zero-order valence-corrected chi connectivity index (χ0v) is 13.3. The molecule has 1 aromatic heterocycles. The second-order valence-corrected chi connectivity index (χ2v) is 5.97. The average molecular weight is 322 g/mol. The third kappa shape index (κ3) is 2.99. The Morgan fingerprint density at radius 2 is 1.88 bits per heavy atom. The lowest BCUT2D eigenvalue weighted by Gasteiger charge is -2.35. The third-order valence-corrected chi connectivity index (χ3v) is 4.42. The molecule has 2 aromatic rings. The largest absolute Gasteiger partial charge is 0.454 e. The average Bonchev–Trinajstić information content (AvgIpc) is 3.10. The molecule has 2 aliphatic rings. The summed E-state index contributed by atoms with van der Waals surface area (Å²) in [5, 5.41) is 8.85. The van der Waals surface area contributed by atoms with Crippen molar-refractivity contribution in [3.63, 3.8) is 0 Å². The Labute approximate surface area is 140 Å². The van der Waals surface area contributed by atoms with Gasteiger partial charge in [0.05, 0.1) is 5.56 Å². The normalized spacial score (nSPS) is 16.9. The van der Waals surface area contributed by atoms with E-state index in [2.05, 4.69) is 33.0 Å². The number of benzene rings is 1. The molecule has 122 valence electrons. The molecule has 0 unspecified atom stereocenters. The highest BCUT2D eigenvalue weighted by molar-refractivity contribution is 5.45. The van der Waals surface area contributed by atoms with Crippen LogP contribution in [0.4, 0.5) is 5.82 Å². The summed E-state index contributed by atoms with van der Waals surface area (Å²) in [6.45, 7) is 5.06. The first kappa shape index (κ1) is 14.8. The van der Waals surface area contributed by atoms with E-state index in [1.165, 1.54) is 5.56 Å². The maximum absolute atomic E-state index is 8.85. The molecule has 6 nitrogen and oxygen atoms in total. The van der Waals surface area contributed by atoms with Gasteiger partial charge in [-0.1, -0.05) is 6.07 Å². The van der Waals surface area contributed by atoms with Gasteiger partial charge in [0.15, 0.2) is 11.5 Å². The van der Waals surface area contributed by atoms with Crippen LogP contribution < -0.4 is 14.4 Å². The van der Waals surface area contributed by atoms with Crippen LogP contribution in [0.15, 0.2) is 36.5 Å². The molecule has 6 heteroatoms. The molecular formula is C18H18N4O2. The second kappa shape index (κ2) is 6.38. The summed E-state index contributed by atoms with van der Waals surface area (Å²) in [4.78, 5) is 9.07. The van der Waals surface area contributed by atoms with E-state index in [4.69, 9.17) is 14.7 Å². The Morgan fingerprint density at radius 3 is 2.62 bits per heavy atom. The number of pyridine rings is 1. The monoisotopic (exact) mass is 322 g/mol. The zero-order chi connectivity index (χ0) is 16.4. The van der Waals surface area contributed by atoms with Gasteiger partial charge >= 0.3 is 0 Å². The highest BCUT2D eigenvalue weighted by atomic mass is 16.7. The zero-order valence-electron chi connectivity index (χ0n) is 13.3. The number of hydrogen-bond donors (Lipinski definition) is 0. The highest BCUT2D eigenvalue weighted by Gasteiger charge is 2.19. The van der Waals surface area contributed by atoms with Crippen molar-refractivity contribution in [1.82, 2.24) is 9.88 Å². The molecule has 0 spiro atoms. The fourth-order valence-corrected chi connectivity index (χ4v) is 3.07. The van der Waals surface area contributed by atoms with Gasteiger partial charge in [-0.05, 0) is 29.8 Å². The minimum absolute atomic E-state index is 0.315. The van der Waals surface area contributed by atoms with Crippen LogP contribution in [-0.2, 0) is 6.54 Å². The van der Waals surface area contributed by atoms with Crippen molar-refractivity contribution >= 4 is 5.82 Å². The topological polar surface area (TPSA) is 61.6 Å². The molecule has 24 heavy (non-hydrogen) atoms. The van der Waals surface area contributed by atoms with E-state index in [0.717, 1.165) is 50.0 Å². The summed E-state index contributed by atoms with van der Waals surface area (Å²) in [6.07, 6.45) is 1.63. The number of hydrogen-bond acceptors (Lipinski definition) is 6. The molecule has 0 saturated carbocycles. The maximum atomic E-state index is 8.85. The first-order valence-electron chi connectivity index (χ1n) is 8.04. The molecule has 0 aliphatic carbocycles. The van der Waals surface area contributed by atoms with Crippen molar-refractivity contribution in [1.29, 1.82) is 5.26 Å². The maximum Gasteiger partial charge on any atom is 0.231 e. The number of anilines is 1. The summed E-state index contributed by atoms with van der Waals surface area (Å²) in [5.74, 6) is 2.61. The van der Waals surface area contributed by atoms with Crippen molar-refractivity contribution in [3.05, 3.63) is 47.7 Å². The number of aromatic nitrogens is 1. The molecule has 1 saturated heterocycles. The molecule has 2 aliphatic heterocycles. The number of nitriles is 1. The van der Waals surface area contributed by atoms with Crippen LogP contribution in [0.1, 0.15) is 11.1 Å². The van der Waals surface area contributed by atoms with Gasteiger partial charge in [0.1, 0.15) is 11.9 Å². The molecule has 3 heterocycles. The summed E-state index contributed by atoms with van der Waals surface area (Å²) < 4.78 is 10.8. The fourth-order valence-electron chi connectivity index (χ4n) is 3.07. The lowest BCUT2D eigenvalue weighted by Crippen LogP contribution is -2.46. The molecular weight excluding hydrogens is 304 g/mol. The van der Waals surface area contributed by atoms with Crippen LogP contribution in [0, 0.1) is 11.3 Å². The number of piperazine rings is 1. The molecule has 0 bridgehead atoms. The lowest BCUT2D eigenvalue weighted by molar-refractivity contribution is 0.174. The summed E-state index contributed by atoms with van der Waals surface area (Å²) >= 11 is 0. The quantitative estimate of drug-likeness (QED) is 0.861. The minimum atomic E-state index is 0.315. The van der Waals surface area contributed by atoms with Crippen LogP contribution in [0.5, 0.6) is 11.5 Å². The van der Waals surface area contributed by atoms with Crippen molar-refractivity contribution in [2.24, 2.45) is 0 Å². The molecule has 1 aromatic carbocycles. The van der Waals surface area contributed by atoms with Gasteiger partial charge in [-0.15, -0.1) is 0 Å². The predicted octanol–water partition coefficient (Wildman–Crippen LogP) is 2.00. The number of fused-ring (bicyclic) bond motifs is 1. The summed E-state index contributed by atoms with van der Waals surface area (Å²) in [5.41, 5.74) is 1.84. The van der Waals surface area contributed by atoms with Gasteiger partial charge in [-0.3, -0.25) is 4.90 Å². The fraction of sp³-hybridized carbons (Fsp3) is 0.333. The highest BCUT2D eigenvalue weighted by Crippen LogP contribution is 2.32. The van der Waals surface area contributed by atoms with E-state index in [0.29, 0.717) is 12.4 Å². The van der Waals surface area contributed by atoms with Crippen molar-refractivity contribution in [2.45, 2.75) is 6.54 Å². The van der Waals surface area contributed by atoms with E-state index < -0.39 is 0 Å². The SMILES string of the molecule is N#Cc1ccc(N2CCN(Cc3ccc4c(c3)OCO4)CC2)nc1. The van der Waals surface area contributed by atoms with E-state index in [1.54, 1.807) is 6.20 Å². The van der Waals surface area contributed by atoms with Gasteiger partial charge < -0.3 is 14.4 Å². The Bertz CT molecular complexity index is 762. The van der Waals surface area contributed by atoms with Crippen LogP contribution in [0.3, 0.4) is 0 Å². The molecule has 0 radical (unpaired) electrons. The smallest absolute Gasteiger partial charge is 0.231 e. The van der Waals surface area contributed by atoms with Crippen molar-refractivity contribution in [3.8, 4) is 17.6 Å². The Balaban J connectivity index is 1.35. The summed E-state index contributed by atoms with van der Waals surface area (Å²) in [7, 11) is 0. The molecule has 0 N–H and O–H groups in total. The second-order valence-electron chi connectivity index (χ2n) is 5.97. The van der Waals surface area contributed by atoms with Gasteiger partial charge in [0.2, 0.25) is 6.79 Å². The predicted molar refractivity (Wildman–Crippen MR) is 89.0 cm³/mol. The molecule has 0 atom stereocenters. The van der Waals surface area contributed by atoms with E-state index in [1.807, 2.05) is 18.2 Å². The number of nitrogens with zero attached hydrogens (tertiary/aromatic N) is 4. The Morgan fingerprint density at radius 1 is 1.04 bits per heavy atom.